The summed E-state index contributed by atoms with van der Waals surface area (Å²) in [7, 11) is 0. The van der Waals surface area contributed by atoms with Gasteiger partial charge in [0.25, 0.3) is 0 Å². The Labute approximate surface area is 87.5 Å². The molecule has 5 nitrogen and oxygen atoms in total. The van der Waals surface area contributed by atoms with Crippen molar-refractivity contribution in [3.8, 4) is 0 Å². The second-order valence-corrected chi connectivity index (χ2v) is 3.96. The molecular formula is C10H13N3O2. The van der Waals surface area contributed by atoms with Crippen LogP contribution in [0.2, 0.25) is 0 Å². The zero-order valence-electron chi connectivity index (χ0n) is 8.25. The van der Waals surface area contributed by atoms with Gasteiger partial charge in [-0.3, -0.25) is 10.2 Å². The second kappa shape index (κ2) is 3.27. The molecule has 0 aliphatic carbocycles. The number of nitrogens with one attached hydrogen (secondary N) is 3. The second-order valence-electron chi connectivity index (χ2n) is 3.96. The van der Waals surface area contributed by atoms with Gasteiger partial charge in [0.15, 0.2) is 0 Å². The Morgan fingerprint density at radius 3 is 3.27 bits per heavy atom. The van der Waals surface area contributed by atoms with E-state index in [9.17, 15) is 4.79 Å². The van der Waals surface area contributed by atoms with Crippen LogP contribution in [0.4, 0.5) is 0 Å². The molecule has 3 aliphatic heterocycles. The van der Waals surface area contributed by atoms with Crippen molar-refractivity contribution < 1.29 is 9.53 Å². The van der Waals surface area contributed by atoms with E-state index in [1.165, 1.54) is 0 Å². The minimum absolute atomic E-state index is 0.0435. The van der Waals surface area contributed by atoms with Crippen LogP contribution in [0.25, 0.3) is 0 Å². The molecule has 1 amide bonds. The molecular weight excluding hydrogens is 194 g/mol. The van der Waals surface area contributed by atoms with E-state index in [1.54, 1.807) is 6.26 Å². The quantitative estimate of drug-likeness (QED) is 0.496. The summed E-state index contributed by atoms with van der Waals surface area (Å²) in [6.07, 6.45) is 4.59. The Morgan fingerprint density at radius 1 is 1.40 bits per heavy atom. The molecule has 15 heavy (non-hydrogen) atoms. The predicted octanol–water partition coefficient (Wildman–Crippen LogP) is -0.603. The summed E-state index contributed by atoms with van der Waals surface area (Å²) in [6, 6.07) is 0.301. The highest BCUT2D eigenvalue weighted by molar-refractivity contribution is 5.85. The predicted molar refractivity (Wildman–Crippen MR) is 53.3 cm³/mol. The molecule has 0 spiro atoms. The van der Waals surface area contributed by atoms with Crippen LogP contribution in [-0.2, 0) is 9.53 Å². The maximum absolute atomic E-state index is 11.5. The zero-order valence-corrected chi connectivity index (χ0v) is 8.25. The lowest BCUT2D eigenvalue weighted by molar-refractivity contribution is -0.122. The summed E-state index contributed by atoms with van der Waals surface area (Å²) < 4.78 is 5.27. The van der Waals surface area contributed by atoms with Crippen molar-refractivity contribution in [3.63, 3.8) is 0 Å². The van der Waals surface area contributed by atoms with E-state index < -0.39 is 0 Å². The van der Waals surface area contributed by atoms with Gasteiger partial charge in [0.1, 0.15) is 0 Å². The lowest BCUT2D eigenvalue weighted by atomic mass is 9.91. The van der Waals surface area contributed by atoms with E-state index in [0.29, 0.717) is 12.6 Å². The Morgan fingerprint density at radius 2 is 2.33 bits per heavy atom. The molecule has 3 aliphatic rings. The molecule has 5 heteroatoms. The molecule has 2 atom stereocenters. The van der Waals surface area contributed by atoms with E-state index >= 15 is 0 Å². The fourth-order valence-electron chi connectivity index (χ4n) is 2.30. The highest BCUT2D eigenvalue weighted by Crippen LogP contribution is 2.27. The number of carbonyl (C=O) groups excluding carboxylic acids is 1. The van der Waals surface area contributed by atoms with Gasteiger partial charge in [-0.2, -0.15) is 0 Å². The lowest BCUT2D eigenvalue weighted by Gasteiger charge is -2.27. The molecule has 3 rings (SSSR count). The summed E-state index contributed by atoms with van der Waals surface area (Å²) in [5, 5.41) is 3.37. The number of hydrogen-bond acceptors (Lipinski definition) is 4. The van der Waals surface area contributed by atoms with Crippen molar-refractivity contribution in [2.24, 2.45) is 5.92 Å². The van der Waals surface area contributed by atoms with Crippen molar-refractivity contribution in [1.29, 1.82) is 0 Å². The number of hydrogen-bond donors (Lipinski definition) is 3. The number of fused-ring (bicyclic) bond motifs is 2. The van der Waals surface area contributed by atoms with Gasteiger partial charge in [0.2, 0.25) is 5.91 Å². The summed E-state index contributed by atoms with van der Waals surface area (Å²) in [5.74, 6) is -0.0268. The first kappa shape index (κ1) is 8.79. The van der Waals surface area contributed by atoms with E-state index in [-0.39, 0.29) is 11.8 Å². The van der Waals surface area contributed by atoms with Crippen LogP contribution < -0.4 is 16.2 Å². The lowest BCUT2D eigenvalue weighted by Crippen LogP contribution is -2.42. The van der Waals surface area contributed by atoms with Crippen LogP contribution in [0.5, 0.6) is 0 Å². The van der Waals surface area contributed by atoms with Crippen molar-refractivity contribution in [2.45, 2.75) is 12.5 Å². The molecule has 3 N–H and O–H groups in total. The maximum Gasteiger partial charge on any atom is 0.248 e. The standard InChI is InChI=1S/C10H13N3O2/c14-10-7-5-11-8-2-4-15-3-1-6(8)9(7)12-13-10/h1,3,7-8,11-12H,2,4-5H2,(H,13,14). The minimum atomic E-state index is -0.0704. The number of carbonyl (C=O) groups is 1. The van der Waals surface area contributed by atoms with E-state index in [0.717, 1.165) is 24.3 Å². The van der Waals surface area contributed by atoms with Gasteiger partial charge in [-0.15, -0.1) is 0 Å². The molecule has 0 saturated carbocycles. The fourth-order valence-corrected chi connectivity index (χ4v) is 2.30. The molecule has 0 bridgehead atoms. The van der Waals surface area contributed by atoms with Crippen LogP contribution >= 0.6 is 0 Å². The van der Waals surface area contributed by atoms with Gasteiger partial charge in [-0.05, 0) is 11.6 Å². The first-order chi connectivity index (χ1) is 7.36. The summed E-state index contributed by atoms with van der Waals surface area (Å²) in [5.41, 5.74) is 7.77. The van der Waals surface area contributed by atoms with Crippen LogP contribution in [0.1, 0.15) is 6.42 Å². The molecule has 1 saturated heterocycles. The van der Waals surface area contributed by atoms with Crippen LogP contribution in [0, 0.1) is 5.92 Å². The van der Waals surface area contributed by atoms with Crippen LogP contribution in [0.3, 0.4) is 0 Å². The smallest absolute Gasteiger partial charge is 0.248 e. The van der Waals surface area contributed by atoms with Crippen LogP contribution in [0.15, 0.2) is 23.6 Å². The van der Waals surface area contributed by atoms with E-state index in [2.05, 4.69) is 16.2 Å². The third-order valence-electron chi connectivity index (χ3n) is 3.11. The summed E-state index contributed by atoms with van der Waals surface area (Å²) in [4.78, 5) is 11.5. The normalized spacial score (nSPS) is 33.5. The number of hydrazine groups is 1. The highest BCUT2D eigenvalue weighted by Gasteiger charge is 2.37. The third kappa shape index (κ3) is 1.31. The molecule has 0 radical (unpaired) electrons. The Hall–Kier alpha value is -1.49. The van der Waals surface area contributed by atoms with Gasteiger partial charge >= 0.3 is 0 Å². The topological polar surface area (TPSA) is 62.4 Å². The van der Waals surface area contributed by atoms with Gasteiger partial charge in [-0.1, -0.05) is 0 Å². The fraction of sp³-hybridized carbons (Fsp3) is 0.500. The molecule has 2 unspecified atom stereocenters. The third-order valence-corrected chi connectivity index (χ3v) is 3.11. The maximum atomic E-state index is 11.5. The summed E-state index contributed by atoms with van der Waals surface area (Å²) in [6.45, 7) is 1.42. The molecule has 80 valence electrons. The van der Waals surface area contributed by atoms with Crippen molar-refractivity contribution >= 4 is 5.91 Å². The molecule has 0 aromatic carbocycles. The number of ether oxygens (including phenoxy) is 1. The molecule has 0 aromatic heterocycles. The zero-order chi connectivity index (χ0) is 10.3. The largest absolute Gasteiger partial charge is 0.501 e. The first-order valence-electron chi connectivity index (χ1n) is 5.18. The number of rotatable bonds is 0. The van der Waals surface area contributed by atoms with Crippen molar-refractivity contribution in [2.75, 3.05) is 13.2 Å². The monoisotopic (exact) mass is 207 g/mol. The van der Waals surface area contributed by atoms with Gasteiger partial charge in [0.05, 0.1) is 24.5 Å². The SMILES string of the molecule is O=C1NNC2=C3C=COCCC3NCC12. The minimum Gasteiger partial charge on any atom is -0.501 e. The highest BCUT2D eigenvalue weighted by atomic mass is 16.5. The van der Waals surface area contributed by atoms with Gasteiger partial charge in [0, 0.05) is 19.0 Å². The average molecular weight is 207 g/mol. The van der Waals surface area contributed by atoms with Crippen LogP contribution in [-0.4, -0.2) is 25.1 Å². The van der Waals surface area contributed by atoms with Crippen molar-refractivity contribution in [3.05, 3.63) is 23.6 Å². The van der Waals surface area contributed by atoms with Crippen molar-refractivity contribution in [1.82, 2.24) is 16.2 Å². The number of amides is 1. The van der Waals surface area contributed by atoms with Gasteiger partial charge < -0.3 is 15.5 Å². The molecule has 0 aromatic rings. The Kier molecular flexibility index (Phi) is 1.92. The van der Waals surface area contributed by atoms with E-state index in [4.69, 9.17) is 4.74 Å². The average Bonchev–Trinajstić information content (AvgIpc) is 2.51. The van der Waals surface area contributed by atoms with E-state index in [1.807, 2.05) is 6.08 Å². The molecule has 3 heterocycles. The Bertz CT molecular complexity index is 362. The van der Waals surface area contributed by atoms with Gasteiger partial charge in [-0.25, -0.2) is 0 Å². The molecule has 1 fully saturated rings. The Balaban J connectivity index is 2.02. The first-order valence-corrected chi connectivity index (χ1v) is 5.18. The summed E-state index contributed by atoms with van der Waals surface area (Å²) >= 11 is 0.